The fourth-order valence-corrected chi connectivity index (χ4v) is 10.5. The molecule has 282 valence electrons. The van der Waals surface area contributed by atoms with E-state index in [-0.39, 0.29) is 29.9 Å². The number of anilines is 3. The number of para-hydroxylation sites is 1. The van der Waals surface area contributed by atoms with Gasteiger partial charge in [-0.3, -0.25) is 24.6 Å². The Kier molecular flexibility index (Phi) is 8.28. The molecule has 6 atom stereocenters. The number of carbonyl (C=O) groups excluding carboxylic acids is 3. The molecule has 1 aromatic heterocycles. The van der Waals surface area contributed by atoms with E-state index in [1.807, 2.05) is 24.3 Å². The Morgan fingerprint density at radius 2 is 1.69 bits per heavy atom. The van der Waals surface area contributed by atoms with Gasteiger partial charge in [-0.2, -0.15) is 0 Å². The van der Waals surface area contributed by atoms with Gasteiger partial charge in [0.2, 0.25) is 11.8 Å². The van der Waals surface area contributed by atoms with Gasteiger partial charge < -0.3 is 30.0 Å². The number of aromatic nitrogens is 2. The first kappa shape index (κ1) is 33.8. The lowest BCUT2D eigenvalue weighted by Gasteiger charge is -2.49. The van der Waals surface area contributed by atoms with Crippen LogP contribution in [0.2, 0.25) is 0 Å². The van der Waals surface area contributed by atoms with E-state index in [2.05, 4.69) is 65.6 Å². The minimum atomic E-state index is -0.579. The largest absolute Gasteiger partial charge is 0.507 e. The van der Waals surface area contributed by atoms with E-state index >= 15 is 0 Å². The van der Waals surface area contributed by atoms with E-state index in [0.29, 0.717) is 47.8 Å². The lowest BCUT2D eigenvalue weighted by molar-refractivity contribution is -0.136. The SMILES string of the molecule is C[C@H]1CN2c3cc(-c4ccccc4O)nnc3NC[C@H]2CN1C[C@H]1[C@@H]2CN(CC3CCN(c4ccc5c(c4)CN(C4CCC(=O)NC4=O)C5=O)CC3)C[C@@H]21. The summed E-state index contributed by atoms with van der Waals surface area (Å²) in [6.45, 7) is 12.5. The van der Waals surface area contributed by atoms with Gasteiger partial charge in [0.1, 0.15) is 11.8 Å². The third-order valence-electron chi connectivity index (χ3n) is 13.6. The number of likely N-dealkylation sites (tertiary alicyclic amines) is 1. The standard InChI is InChI=1S/C41H49N9O4/c1-24-17-49-28(16-42-39-36(49)15-34(44-45-39)30-4-2-3-5-37(30)51)20-48(24)23-33-31-21-46(22-32(31)33)18-25-10-12-47(13-11-25)27-6-7-29-26(14-27)19-50(41(29)54)35-8-9-38(52)43-40(35)53/h2-7,14-15,24-25,28,31-33,35,51H,8-13,16-23H2,1H3,(H,42,45)(H,43,52,53)/t24-,28-,31-,32+,33+,35?/m0/s1. The zero-order valence-corrected chi connectivity index (χ0v) is 30.9. The fraction of sp³-hybridized carbons (Fsp3) is 0.537. The predicted molar refractivity (Wildman–Crippen MR) is 204 cm³/mol. The summed E-state index contributed by atoms with van der Waals surface area (Å²) in [5, 5.41) is 25.3. The van der Waals surface area contributed by atoms with Crippen LogP contribution in [-0.2, 0) is 16.1 Å². The molecule has 2 aromatic carbocycles. The van der Waals surface area contributed by atoms with Crippen LogP contribution in [0.1, 0.15) is 48.5 Å². The molecule has 3 aromatic rings. The molecular formula is C41H49N9O4. The first-order chi connectivity index (χ1) is 26.3. The number of piperazine rings is 1. The average molecular weight is 732 g/mol. The van der Waals surface area contributed by atoms with Crippen molar-refractivity contribution >= 4 is 34.9 Å². The average Bonchev–Trinajstić information content (AvgIpc) is 3.44. The fourth-order valence-electron chi connectivity index (χ4n) is 10.5. The summed E-state index contributed by atoms with van der Waals surface area (Å²) in [6.07, 6.45) is 3.00. The Hall–Kier alpha value is -4.75. The van der Waals surface area contributed by atoms with Crippen molar-refractivity contribution in [3.05, 3.63) is 59.7 Å². The smallest absolute Gasteiger partial charge is 0.255 e. The number of aromatic hydroxyl groups is 1. The quantitative estimate of drug-likeness (QED) is 0.310. The Morgan fingerprint density at radius 1 is 0.870 bits per heavy atom. The third-order valence-corrected chi connectivity index (χ3v) is 13.6. The van der Waals surface area contributed by atoms with Crippen LogP contribution in [0.3, 0.4) is 0 Å². The van der Waals surface area contributed by atoms with Crippen LogP contribution < -0.4 is 20.4 Å². The van der Waals surface area contributed by atoms with Crippen LogP contribution in [-0.4, -0.2) is 125 Å². The third kappa shape index (κ3) is 5.96. The number of hydrogen-bond acceptors (Lipinski definition) is 11. The summed E-state index contributed by atoms with van der Waals surface area (Å²) in [7, 11) is 0. The van der Waals surface area contributed by atoms with Crippen LogP contribution in [0.15, 0.2) is 48.5 Å². The molecule has 0 spiro atoms. The number of phenolic OH excluding ortho intramolecular Hbond substituents is 1. The van der Waals surface area contributed by atoms with Crippen LogP contribution in [0.5, 0.6) is 5.75 Å². The van der Waals surface area contributed by atoms with Gasteiger partial charge in [-0.1, -0.05) is 12.1 Å². The van der Waals surface area contributed by atoms with Gasteiger partial charge in [0.15, 0.2) is 5.82 Å². The van der Waals surface area contributed by atoms with Crippen molar-refractivity contribution in [1.82, 2.24) is 30.2 Å². The zero-order chi connectivity index (χ0) is 36.7. The summed E-state index contributed by atoms with van der Waals surface area (Å²) in [6, 6.07) is 15.8. The Bertz CT molecular complexity index is 1990. The van der Waals surface area contributed by atoms with E-state index in [4.69, 9.17) is 0 Å². The van der Waals surface area contributed by atoms with Gasteiger partial charge in [0.25, 0.3) is 5.91 Å². The van der Waals surface area contributed by atoms with Crippen LogP contribution >= 0.6 is 0 Å². The number of imide groups is 1. The van der Waals surface area contributed by atoms with Crippen molar-refractivity contribution in [2.24, 2.45) is 23.7 Å². The van der Waals surface area contributed by atoms with E-state index in [1.165, 1.54) is 39.0 Å². The normalized spacial score (nSPS) is 29.7. The molecule has 4 saturated heterocycles. The molecule has 3 N–H and O–H groups in total. The minimum absolute atomic E-state index is 0.114. The maximum Gasteiger partial charge on any atom is 0.255 e. The molecule has 1 aliphatic carbocycles. The highest BCUT2D eigenvalue weighted by molar-refractivity contribution is 6.05. The number of fused-ring (bicyclic) bond motifs is 5. The second-order valence-electron chi connectivity index (χ2n) is 16.9. The van der Waals surface area contributed by atoms with Gasteiger partial charge in [-0.15, -0.1) is 10.2 Å². The number of nitrogens with one attached hydrogen (secondary N) is 2. The molecular weight excluding hydrogens is 683 g/mol. The Labute approximate surface area is 315 Å². The van der Waals surface area contributed by atoms with Crippen molar-refractivity contribution in [3.8, 4) is 17.0 Å². The maximum absolute atomic E-state index is 13.1. The number of hydrogen-bond donors (Lipinski definition) is 3. The number of rotatable bonds is 7. The van der Waals surface area contributed by atoms with Crippen molar-refractivity contribution in [2.45, 2.75) is 57.3 Å². The van der Waals surface area contributed by atoms with E-state index in [0.717, 1.165) is 73.2 Å². The van der Waals surface area contributed by atoms with Crippen LogP contribution in [0.4, 0.5) is 17.2 Å². The van der Waals surface area contributed by atoms with Crippen molar-refractivity contribution < 1.29 is 19.5 Å². The van der Waals surface area contributed by atoms with Gasteiger partial charge in [-0.25, -0.2) is 0 Å². The molecule has 3 amide bonds. The molecule has 1 saturated carbocycles. The summed E-state index contributed by atoms with van der Waals surface area (Å²) < 4.78 is 0. The van der Waals surface area contributed by atoms with Gasteiger partial charge in [0, 0.05) is 94.7 Å². The highest BCUT2D eigenvalue weighted by Gasteiger charge is 2.56. The number of phenols is 1. The Balaban J connectivity index is 0.692. The highest BCUT2D eigenvalue weighted by atomic mass is 16.3. The molecule has 13 heteroatoms. The van der Waals surface area contributed by atoms with E-state index in [1.54, 1.807) is 11.0 Å². The van der Waals surface area contributed by atoms with Crippen molar-refractivity contribution in [1.29, 1.82) is 0 Å². The number of piperidine rings is 3. The molecule has 7 heterocycles. The van der Waals surface area contributed by atoms with Gasteiger partial charge >= 0.3 is 0 Å². The number of amides is 3. The summed E-state index contributed by atoms with van der Waals surface area (Å²) >= 11 is 0. The summed E-state index contributed by atoms with van der Waals surface area (Å²) in [5.41, 5.74) is 5.29. The number of nitrogens with zero attached hydrogens (tertiary/aromatic N) is 7. The predicted octanol–water partition coefficient (Wildman–Crippen LogP) is 3.01. The molecule has 7 aliphatic rings. The molecule has 0 bridgehead atoms. The summed E-state index contributed by atoms with van der Waals surface area (Å²) in [4.78, 5) is 49.3. The summed E-state index contributed by atoms with van der Waals surface area (Å²) in [5.74, 6) is 3.47. The van der Waals surface area contributed by atoms with Crippen molar-refractivity contribution in [3.63, 3.8) is 0 Å². The Morgan fingerprint density at radius 3 is 2.48 bits per heavy atom. The minimum Gasteiger partial charge on any atom is -0.507 e. The highest BCUT2D eigenvalue weighted by Crippen LogP contribution is 2.53. The van der Waals surface area contributed by atoms with E-state index in [9.17, 15) is 19.5 Å². The molecule has 6 aliphatic heterocycles. The first-order valence-corrected chi connectivity index (χ1v) is 19.9. The maximum atomic E-state index is 13.1. The second-order valence-corrected chi connectivity index (χ2v) is 16.9. The molecule has 10 rings (SSSR count). The van der Waals surface area contributed by atoms with Gasteiger partial charge in [0.05, 0.1) is 17.4 Å². The van der Waals surface area contributed by atoms with E-state index < -0.39 is 6.04 Å². The molecule has 0 radical (unpaired) electrons. The van der Waals surface area contributed by atoms with Crippen molar-refractivity contribution in [2.75, 3.05) is 74.0 Å². The lowest BCUT2D eigenvalue weighted by atomic mass is 9.95. The molecule has 13 nitrogen and oxygen atoms in total. The monoisotopic (exact) mass is 731 g/mol. The first-order valence-electron chi connectivity index (χ1n) is 19.9. The number of carbonyl (C=O) groups is 3. The van der Waals surface area contributed by atoms with Crippen LogP contribution in [0.25, 0.3) is 11.3 Å². The van der Waals surface area contributed by atoms with Crippen LogP contribution in [0, 0.1) is 23.7 Å². The second kappa shape index (κ2) is 13.2. The molecule has 54 heavy (non-hydrogen) atoms. The molecule has 1 unspecified atom stereocenters. The zero-order valence-electron chi connectivity index (χ0n) is 30.9. The number of benzene rings is 2. The topological polar surface area (TPSA) is 137 Å². The molecule has 5 fully saturated rings. The van der Waals surface area contributed by atoms with Gasteiger partial charge in [-0.05, 0) is 91.8 Å². The lowest BCUT2D eigenvalue weighted by Crippen LogP contribution is -2.61.